The number of fused-ring (bicyclic) bond motifs is 1. The maximum Gasteiger partial charge on any atom is 0.317 e. The summed E-state index contributed by atoms with van der Waals surface area (Å²) in [6, 6.07) is 16.8. The fourth-order valence-corrected chi connectivity index (χ4v) is 3.45. The van der Waals surface area contributed by atoms with E-state index in [1.54, 1.807) is 4.68 Å². The summed E-state index contributed by atoms with van der Waals surface area (Å²) in [5.74, 6) is 0.296. The molecular formula is C22H22N4O3. The monoisotopic (exact) mass is 390 g/mol. The summed E-state index contributed by atoms with van der Waals surface area (Å²) in [4.78, 5) is 17.3. The van der Waals surface area contributed by atoms with Gasteiger partial charge in [-0.25, -0.2) is 4.68 Å². The van der Waals surface area contributed by atoms with Crippen LogP contribution in [0.4, 0.5) is 5.95 Å². The molecule has 3 aromatic rings. The molecule has 148 valence electrons. The zero-order valence-electron chi connectivity index (χ0n) is 16.1. The van der Waals surface area contributed by atoms with Gasteiger partial charge in [-0.15, -0.1) is 0 Å². The molecule has 1 aromatic heterocycles. The van der Waals surface area contributed by atoms with Gasteiger partial charge in [0.2, 0.25) is 5.95 Å². The number of carbonyl (C=O) groups excluding carboxylic acids is 1. The van der Waals surface area contributed by atoms with Crippen molar-refractivity contribution in [2.75, 3.05) is 11.9 Å². The lowest BCUT2D eigenvalue weighted by atomic mass is 9.89. The van der Waals surface area contributed by atoms with Crippen molar-refractivity contribution in [1.29, 1.82) is 0 Å². The zero-order chi connectivity index (χ0) is 20.2. The van der Waals surface area contributed by atoms with E-state index in [1.165, 1.54) is 6.33 Å². The maximum atomic E-state index is 13.1. The minimum atomic E-state index is -0.647. The second kappa shape index (κ2) is 8.18. The summed E-state index contributed by atoms with van der Waals surface area (Å²) in [6.07, 6.45) is 1.45. The SMILES string of the molecule is C=C1Nc2ncnn2C(c2ccc(OCC)cc2)C1C(=O)OCc1ccccc1. The van der Waals surface area contributed by atoms with Gasteiger partial charge in [-0.3, -0.25) is 4.79 Å². The average Bonchev–Trinajstić information content (AvgIpc) is 3.20. The second-order valence-electron chi connectivity index (χ2n) is 6.70. The van der Waals surface area contributed by atoms with E-state index in [2.05, 4.69) is 22.0 Å². The summed E-state index contributed by atoms with van der Waals surface area (Å²) in [5.41, 5.74) is 2.35. The van der Waals surface area contributed by atoms with Crippen LogP contribution in [-0.4, -0.2) is 27.3 Å². The Balaban J connectivity index is 1.63. The Morgan fingerprint density at radius 1 is 1.17 bits per heavy atom. The van der Waals surface area contributed by atoms with Crippen LogP contribution in [0.2, 0.25) is 0 Å². The molecule has 0 spiro atoms. The van der Waals surface area contributed by atoms with Crippen LogP contribution in [0.5, 0.6) is 5.75 Å². The first-order chi connectivity index (χ1) is 14.2. The number of ether oxygens (including phenoxy) is 2. The Bertz CT molecular complexity index is 998. The number of esters is 1. The van der Waals surface area contributed by atoms with E-state index in [0.717, 1.165) is 16.9 Å². The van der Waals surface area contributed by atoms with Crippen LogP contribution >= 0.6 is 0 Å². The first-order valence-electron chi connectivity index (χ1n) is 9.46. The van der Waals surface area contributed by atoms with E-state index < -0.39 is 12.0 Å². The highest BCUT2D eigenvalue weighted by atomic mass is 16.5. The van der Waals surface area contributed by atoms with E-state index in [-0.39, 0.29) is 12.6 Å². The minimum absolute atomic E-state index is 0.198. The van der Waals surface area contributed by atoms with Gasteiger partial charge < -0.3 is 14.8 Å². The molecule has 0 radical (unpaired) electrons. The third kappa shape index (κ3) is 3.85. The lowest BCUT2D eigenvalue weighted by Crippen LogP contribution is -2.37. The van der Waals surface area contributed by atoms with E-state index in [1.807, 2.05) is 61.5 Å². The Labute approximate surface area is 169 Å². The number of nitrogens with one attached hydrogen (secondary N) is 1. The van der Waals surface area contributed by atoms with E-state index in [0.29, 0.717) is 18.3 Å². The molecular weight excluding hydrogens is 368 g/mol. The van der Waals surface area contributed by atoms with Crippen molar-refractivity contribution in [3.8, 4) is 5.75 Å². The summed E-state index contributed by atoms with van der Waals surface area (Å²) in [6.45, 7) is 6.78. The number of carbonyl (C=O) groups is 1. The Kier molecular flexibility index (Phi) is 5.29. The topological polar surface area (TPSA) is 78.3 Å². The normalized spacial score (nSPS) is 17.9. The molecule has 0 saturated heterocycles. The predicted octanol–water partition coefficient (Wildman–Crippen LogP) is 3.57. The van der Waals surface area contributed by atoms with Crippen molar-refractivity contribution in [1.82, 2.24) is 14.8 Å². The van der Waals surface area contributed by atoms with Crippen molar-refractivity contribution >= 4 is 11.9 Å². The molecule has 2 heterocycles. The fourth-order valence-electron chi connectivity index (χ4n) is 3.45. The zero-order valence-corrected chi connectivity index (χ0v) is 16.1. The molecule has 0 aliphatic carbocycles. The standard InChI is InChI=1S/C22H22N4O3/c1-3-28-18-11-9-17(10-12-18)20-19(15(2)25-22-23-14-24-26(20)22)21(27)29-13-16-7-5-4-6-8-16/h4-12,14,19-20H,2-3,13H2,1H3,(H,23,24,25). The Morgan fingerprint density at radius 2 is 1.93 bits per heavy atom. The van der Waals surface area contributed by atoms with E-state index >= 15 is 0 Å². The molecule has 0 bridgehead atoms. The summed E-state index contributed by atoms with van der Waals surface area (Å²) >= 11 is 0. The maximum absolute atomic E-state index is 13.1. The third-order valence-electron chi connectivity index (χ3n) is 4.81. The van der Waals surface area contributed by atoms with Crippen molar-refractivity contribution in [3.63, 3.8) is 0 Å². The first-order valence-corrected chi connectivity index (χ1v) is 9.46. The lowest BCUT2D eigenvalue weighted by molar-refractivity contribution is -0.149. The number of anilines is 1. The van der Waals surface area contributed by atoms with Gasteiger partial charge >= 0.3 is 5.97 Å². The fraction of sp³-hybridized carbons (Fsp3) is 0.227. The molecule has 7 heteroatoms. The average molecular weight is 390 g/mol. The van der Waals surface area contributed by atoms with E-state index in [4.69, 9.17) is 9.47 Å². The van der Waals surface area contributed by atoms with Crippen molar-refractivity contribution in [3.05, 3.63) is 84.3 Å². The van der Waals surface area contributed by atoms with Crippen LogP contribution in [0, 0.1) is 5.92 Å². The molecule has 0 amide bonds. The molecule has 0 saturated carbocycles. The molecule has 0 fully saturated rings. The van der Waals surface area contributed by atoms with Gasteiger partial charge in [-0.1, -0.05) is 49.0 Å². The van der Waals surface area contributed by atoms with Gasteiger partial charge in [0, 0.05) is 5.70 Å². The van der Waals surface area contributed by atoms with Gasteiger partial charge in [0.25, 0.3) is 0 Å². The van der Waals surface area contributed by atoms with Crippen LogP contribution in [-0.2, 0) is 16.1 Å². The van der Waals surface area contributed by atoms with Crippen LogP contribution in [0.15, 0.2) is 73.2 Å². The molecule has 1 aliphatic rings. The number of aromatic nitrogens is 3. The van der Waals surface area contributed by atoms with Crippen LogP contribution in [0.1, 0.15) is 24.1 Å². The summed E-state index contributed by atoms with van der Waals surface area (Å²) in [7, 11) is 0. The molecule has 1 N–H and O–H groups in total. The largest absolute Gasteiger partial charge is 0.494 e. The third-order valence-corrected chi connectivity index (χ3v) is 4.81. The Hall–Kier alpha value is -3.61. The molecule has 2 unspecified atom stereocenters. The van der Waals surface area contributed by atoms with Crippen LogP contribution in [0.3, 0.4) is 0 Å². The number of hydrogen-bond acceptors (Lipinski definition) is 6. The number of rotatable bonds is 6. The molecule has 4 rings (SSSR count). The number of benzene rings is 2. The molecule has 1 aliphatic heterocycles. The summed E-state index contributed by atoms with van der Waals surface area (Å²) < 4.78 is 12.8. The lowest BCUT2D eigenvalue weighted by Gasteiger charge is -2.33. The highest BCUT2D eigenvalue weighted by Gasteiger charge is 2.40. The van der Waals surface area contributed by atoms with Gasteiger partial charge in [0.05, 0.1) is 12.6 Å². The Morgan fingerprint density at radius 3 is 2.66 bits per heavy atom. The molecule has 29 heavy (non-hydrogen) atoms. The van der Waals surface area contributed by atoms with Crippen LogP contribution < -0.4 is 10.1 Å². The predicted molar refractivity (Wildman–Crippen MR) is 108 cm³/mol. The second-order valence-corrected chi connectivity index (χ2v) is 6.70. The molecule has 2 aromatic carbocycles. The highest BCUT2D eigenvalue weighted by molar-refractivity contribution is 5.79. The highest BCUT2D eigenvalue weighted by Crippen LogP contribution is 2.38. The van der Waals surface area contributed by atoms with Crippen molar-refractivity contribution in [2.45, 2.75) is 19.6 Å². The van der Waals surface area contributed by atoms with Crippen molar-refractivity contribution < 1.29 is 14.3 Å². The first kappa shape index (κ1) is 18.7. The van der Waals surface area contributed by atoms with E-state index in [9.17, 15) is 4.79 Å². The number of hydrogen-bond donors (Lipinski definition) is 1. The minimum Gasteiger partial charge on any atom is -0.494 e. The molecule has 7 nitrogen and oxygen atoms in total. The van der Waals surface area contributed by atoms with Crippen molar-refractivity contribution in [2.24, 2.45) is 5.92 Å². The quantitative estimate of drug-likeness (QED) is 0.649. The van der Waals surface area contributed by atoms with Gasteiger partial charge in [-0.05, 0) is 30.2 Å². The van der Waals surface area contributed by atoms with Gasteiger partial charge in [0.1, 0.15) is 24.6 Å². The van der Waals surface area contributed by atoms with Gasteiger partial charge in [0.15, 0.2) is 0 Å². The van der Waals surface area contributed by atoms with Crippen LogP contribution in [0.25, 0.3) is 0 Å². The smallest absolute Gasteiger partial charge is 0.317 e. The van der Waals surface area contributed by atoms with Gasteiger partial charge in [-0.2, -0.15) is 10.1 Å². The molecule has 2 atom stereocenters. The summed E-state index contributed by atoms with van der Waals surface area (Å²) in [5, 5.41) is 7.39. The number of nitrogens with zero attached hydrogens (tertiary/aromatic N) is 3.